The number of alkyl halides is 9. The van der Waals surface area contributed by atoms with Gasteiger partial charge in [0.1, 0.15) is 22.1 Å². The van der Waals surface area contributed by atoms with Crippen molar-refractivity contribution in [3.63, 3.8) is 0 Å². The normalized spacial score (nSPS) is 19.3. The Morgan fingerprint density at radius 2 is 0.936 bits per heavy atom. The van der Waals surface area contributed by atoms with Gasteiger partial charge in [0.25, 0.3) is 22.8 Å². The molecule has 408 valence electrons. The lowest BCUT2D eigenvalue weighted by atomic mass is 9.88. The van der Waals surface area contributed by atoms with Crippen LogP contribution in [0.5, 0.6) is 0 Å². The summed E-state index contributed by atoms with van der Waals surface area (Å²) in [6, 6.07) is 15.6. The average Bonchev–Trinajstić information content (AvgIpc) is 2.94. The number of nitrogens with zero attached hydrogens (tertiary/aromatic N) is 4. The SMILES string of the molecule is CC(C)(C)Cc1ccc(-c2cc3n4c2=C(F)C2=[N+]5C(=C(F)c6cc(-c7ccc(CC(C)(C)C(F)(F)F)s7)c7n6C45[N+]4=C(C(c5ccc(CC(C)(C)C(F)(F)F)s5)=CC4=C7F)C=3F)C(c3ccc(CC(C)(C)C(F)(F)F)s3)=C2)s1. The van der Waals surface area contributed by atoms with E-state index in [0.29, 0.717) is 11.3 Å². The summed E-state index contributed by atoms with van der Waals surface area (Å²) in [7, 11) is 0. The molecule has 0 N–H and O–H groups in total. The zero-order chi connectivity index (χ0) is 56.3. The molecule has 12 rings (SSSR count). The van der Waals surface area contributed by atoms with E-state index in [2.05, 4.69) is 20.8 Å². The summed E-state index contributed by atoms with van der Waals surface area (Å²) in [6.45, 7) is 12.5. The number of thiophene rings is 4. The first-order valence-electron chi connectivity index (χ1n) is 24.8. The Morgan fingerprint density at radius 1 is 0.474 bits per heavy atom. The highest BCUT2D eigenvalue weighted by atomic mass is 32.1. The molecule has 0 amide bonds. The van der Waals surface area contributed by atoms with Crippen LogP contribution in [0.3, 0.4) is 0 Å². The number of hydrogen-bond acceptors (Lipinski definition) is 4. The first-order valence-corrected chi connectivity index (χ1v) is 28.1. The number of aromatic nitrogens is 2. The molecule has 0 aromatic carbocycles. The van der Waals surface area contributed by atoms with E-state index >= 15 is 17.6 Å². The van der Waals surface area contributed by atoms with Crippen molar-refractivity contribution in [2.45, 2.75) is 112 Å². The molecule has 4 nitrogen and oxygen atoms in total. The molecule has 6 aromatic rings. The van der Waals surface area contributed by atoms with Crippen LogP contribution in [0.1, 0.15) is 103 Å². The Hall–Kier alpha value is -5.51. The van der Waals surface area contributed by atoms with E-state index in [9.17, 15) is 39.5 Å². The number of hydrogen-bond donors (Lipinski definition) is 0. The molecule has 0 saturated carbocycles. The van der Waals surface area contributed by atoms with Gasteiger partial charge in [-0.25, -0.2) is 0 Å². The van der Waals surface area contributed by atoms with Crippen molar-refractivity contribution in [1.29, 1.82) is 0 Å². The molecule has 1 spiro atoms. The molecular weight excluding hydrogens is 1120 g/mol. The Balaban J connectivity index is 1.18. The van der Waals surface area contributed by atoms with Crippen molar-refractivity contribution in [1.82, 2.24) is 9.13 Å². The van der Waals surface area contributed by atoms with Crippen LogP contribution in [0, 0.1) is 21.7 Å². The van der Waals surface area contributed by atoms with E-state index in [-0.39, 0.29) is 102 Å². The van der Waals surface area contributed by atoms with E-state index in [1.54, 1.807) is 6.07 Å². The average molecular weight is 1160 g/mol. The molecule has 0 saturated heterocycles. The lowest BCUT2D eigenvalue weighted by molar-refractivity contribution is -0.834. The van der Waals surface area contributed by atoms with Crippen molar-refractivity contribution >= 4 is 91.2 Å². The molecule has 6 aliphatic heterocycles. The summed E-state index contributed by atoms with van der Waals surface area (Å²) in [5.41, 5.74) is -7.92. The molecule has 0 fully saturated rings. The fourth-order valence-corrected chi connectivity index (χ4v) is 16.3. The van der Waals surface area contributed by atoms with Crippen LogP contribution < -0.4 is 10.7 Å². The summed E-state index contributed by atoms with van der Waals surface area (Å²) >= 11 is 4.20. The van der Waals surface area contributed by atoms with E-state index in [4.69, 9.17) is 0 Å². The maximum Gasteiger partial charge on any atom is 0.554 e. The smallest absolute Gasteiger partial charge is 0.197 e. The minimum absolute atomic E-state index is 0.0451. The molecule has 12 heterocycles. The standard InChI is InChI=1S/C57H47F13N4S4/c1-50(2,3)22-26-10-14-38(75-26)30-18-34-43(59)47-32(40-16-12-28(77-40)24-52(6,7)55(65,66)67)20-36-45(61)49-33(41-17-13-29(78-41)25-53(8,9)56(68,69)70)21-37-44(60)48-31(39-15-11-27(76-39)23-51(4,5)54(62,63)64)19-35-42(58)46(30)71(34)57(72(35)48,73(36)47)74(37)49/h10-21H,22-25H2,1-9H3/q+2. The number of allylic oxidation sites excluding steroid dienone is 4. The molecule has 0 bridgehead atoms. The Morgan fingerprint density at radius 3 is 1.44 bits per heavy atom. The van der Waals surface area contributed by atoms with Crippen molar-refractivity contribution in [3.05, 3.63) is 136 Å². The molecule has 0 radical (unpaired) electrons. The third-order valence-corrected chi connectivity index (χ3v) is 20.0. The van der Waals surface area contributed by atoms with Crippen molar-refractivity contribution < 1.29 is 66.2 Å². The van der Waals surface area contributed by atoms with Crippen LogP contribution in [0.4, 0.5) is 57.1 Å². The second-order valence-electron chi connectivity index (χ2n) is 23.8. The predicted molar refractivity (Wildman–Crippen MR) is 282 cm³/mol. The predicted octanol–water partition coefficient (Wildman–Crippen LogP) is 16.6. The Labute approximate surface area is 454 Å². The monoisotopic (exact) mass is 1160 g/mol. The fraction of sp³-hybridized carbons (Fsp3) is 0.368. The topological polar surface area (TPSA) is 15.9 Å². The summed E-state index contributed by atoms with van der Waals surface area (Å²) < 4.78 is 208. The van der Waals surface area contributed by atoms with E-state index < -0.39 is 83.3 Å². The Kier molecular flexibility index (Phi) is 11.3. The van der Waals surface area contributed by atoms with Gasteiger partial charge in [-0.2, -0.15) is 66.2 Å². The molecular formula is C57H47F13N4S4+2. The fourth-order valence-electron chi connectivity index (χ4n) is 11.2. The van der Waals surface area contributed by atoms with Gasteiger partial charge in [-0.3, -0.25) is 0 Å². The van der Waals surface area contributed by atoms with Gasteiger partial charge in [-0.15, -0.1) is 45.3 Å². The van der Waals surface area contributed by atoms with Crippen LogP contribution in [-0.4, -0.2) is 48.2 Å². The quantitative estimate of drug-likeness (QED) is 0.0908. The van der Waals surface area contributed by atoms with Gasteiger partial charge >= 0.3 is 24.4 Å². The van der Waals surface area contributed by atoms with E-state index in [1.165, 1.54) is 90.3 Å². The summed E-state index contributed by atoms with van der Waals surface area (Å²) in [4.78, 5) is 3.08. The Bertz CT molecular complexity index is 4000. The second kappa shape index (κ2) is 16.6. The summed E-state index contributed by atoms with van der Waals surface area (Å²) in [5.74, 6) is -6.15. The van der Waals surface area contributed by atoms with Crippen LogP contribution in [0.2, 0.25) is 0 Å². The third kappa shape index (κ3) is 7.47. The largest absolute Gasteiger partial charge is 0.554 e. The van der Waals surface area contributed by atoms with Crippen LogP contribution in [-0.2, 0) is 31.6 Å². The van der Waals surface area contributed by atoms with Gasteiger partial charge in [0.2, 0.25) is 23.3 Å². The highest BCUT2D eigenvalue weighted by molar-refractivity contribution is 7.16. The van der Waals surface area contributed by atoms with E-state index in [1.807, 2.05) is 6.07 Å². The van der Waals surface area contributed by atoms with Crippen molar-refractivity contribution in [3.8, 4) is 20.9 Å². The second-order valence-corrected chi connectivity index (χ2v) is 28.5. The summed E-state index contributed by atoms with van der Waals surface area (Å²) in [6.07, 6.45) is -11.8. The van der Waals surface area contributed by atoms with Crippen LogP contribution in [0.25, 0.3) is 55.3 Å². The molecule has 21 heteroatoms. The maximum absolute atomic E-state index is 18.6. The van der Waals surface area contributed by atoms with Gasteiger partial charge in [0.05, 0.1) is 27.4 Å². The maximum atomic E-state index is 18.6. The zero-order valence-corrected chi connectivity index (χ0v) is 46.4. The lowest BCUT2D eigenvalue weighted by Gasteiger charge is -2.38. The lowest BCUT2D eigenvalue weighted by Crippen LogP contribution is -2.71. The van der Waals surface area contributed by atoms with Gasteiger partial charge in [-0.05, 0) is 91.8 Å². The molecule has 1 unspecified atom stereocenters. The zero-order valence-electron chi connectivity index (χ0n) is 43.1. The van der Waals surface area contributed by atoms with Crippen molar-refractivity contribution in [2.24, 2.45) is 21.7 Å². The van der Waals surface area contributed by atoms with Crippen LogP contribution in [0.15, 0.2) is 84.2 Å². The molecule has 6 aromatic heterocycles. The van der Waals surface area contributed by atoms with E-state index in [0.717, 1.165) is 80.4 Å². The first kappa shape index (κ1) is 53.1. The minimum Gasteiger partial charge on any atom is -0.197 e. The number of halogens is 13. The molecule has 78 heavy (non-hydrogen) atoms. The highest BCUT2D eigenvalue weighted by Gasteiger charge is 2.76. The highest BCUT2D eigenvalue weighted by Crippen LogP contribution is 2.59. The first-order chi connectivity index (χ1) is 36.1. The minimum atomic E-state index is -4.60. The van der Waals surface area contributed by atoms with Crippen molar-refractivity contribution in [2.75, 3.05) is 0 Å². The van der Waals surface area contributed by atoms with Crippen LogP contribution >= 0.6 is 45.3 Å². The summed E-state index contributed by atoms with van der Waals surface area (Å²) in [5, 5.41) is -0.367. The third-order valence-electron chi connectivity index (χ3n) is 15.5. The van der Waals surface area contributed by atoms with Gasteiger partial charge < -0.3 is 0 Å². The molecule has 6 aliphatic rings. The van der Waals surface area contributed by atoms with Gasteiger partial charge in [-0.1, -0.05) is 71.5 Å². The molecule has 0 aliphatic carbocycles. The number of rotatable bonds is 11. The van der Waals surface area contributed by atoms with Gasteiger partial charge in [0, 0.05) is 62.3 Å². The van der Waals surface area contributed by atoms with Gasteiger partial charge in [0.15, 0.2) is 0 Å². The molecule has 1 atom stereocenters.